The zero-order valence-electron chi connectivity index (χ0n) is 9.15. The SMILES string of the molecule is Cc1cc(C(N)=O)c(NC(=O)CCC(=O)O)s1. The number of carbonyl (C=O) groups is 3. The second kappa shape index (κ2) is 5.44. The van der Waals surface area contributed by atoms with E-state index in [0.29, 0.717) is 5.00 Å². The molecule has 0 aromatic carbocycles. The lowest BCUT2D eigenvalue weighted by Gasteiger charge is -2.02. The fourth-order valence-corrected chi connectivity index (χ4v) is 2.13. The maximum Gasteiger partial charge on any atom is 0.303 e. The van der Waals surface area contributed by atoms with Crippen molar-refractivity contribution in [3.05, 3.63) is 16.5 Å². The summed E-state index contributed by atoms with van der Waals surface area (Å²) in [4.78, 5) is 33.6. The molecule has 2 amide bonds. The van der Waals surface area contributed by atoms with Gasteiger partial charge in [0.05, 0.1) is 12.0 Å². The molecule has 0 unspecified atom stereocenters. The van der Waals surface area contributed by atoms with Gasteiger partial charge in [-0.25, -0.2) is 0 Å². The van der Waals surface area contributed by atoms with Crippen LogP contribution in [0.4, 0.5) is 5.00 Å². The van der Waals surface area contributed by atoms with Crippen molar-refractivity contribution >= 4 is 34.1 Å². The summed E-state index contributed by atoms with van der Waals surface area (Å²) in [6.45, 7) is 1.78. The molecule has 1 heterocycles. The lowest BCUT2D eigenvalue weighted by molar-refractivity contribution is -0.138. The second-order valence-electron chi connectivity index (χ2n) is 3.41. The highest BCUT2D eigenvalue weighted by molar-refractivity contribution is 7.16. The number of aryl methyl sites for hydroxylation is 1. The Bertz CT molecular complexity index is 467. The summed E-state index contributed by atoms with van der Waals surface area (Å²) in [5.74, 6) is -2.11. The summed E-state index contributed by atoms with van der Waals surface area (Å²) in [6, 6.07) is 1.58. The molecular weight excluding hydrogens is 244 g/mol. The minimum Gasteiger partial charge on any atom is -0.481 e. The van der Waals surface area contributed by atoms with Crippen LogP contribution in [0, 0.1) is 6.92 Å². The first-order valence-electron chi connectivity index (χ1n) is 4.82. The monoisotopic (exact) mass is 256 g/mol. The predicted molar refractivity (Wildman–Crippen MR) is 63.1 cm³/mol. The van der Waals surface area contributed by atoms with Gasteiger partial charge in [0.15, 0.2) is 0 Å². The van der Waals surface area contributed by atoms with Gasteiger partial charge in [0.1, 0.15) is 5.00 Å². The van der Waals surface area contributed by atoms with Crippen molar-refractivity contribution in [3.8, 4) is 0 Å². The van der Waals surface area contributed by atoms with Crippen LogP contribution in [0.25, 0.3) is 0 Å². The molecule has 1 aromatic rings. The smallest absolute Gasteiger partial charge is 0.303 e. The van der Waals surface area contributed by atoms with E-state index >= 15 is 0 Å². The number of amides is 2. The normalized spacial score (nSPS) is 9.94. The van der Waals surface area contributed by atoms with Crippen LogP contribution in [0.5, 0.6) is 0 Å². The number of nitrogens with one attached hydrogen (secondary N) is 1. The van der Waals surface area contributed by atoms with Crippen molar-refractivity contribution < 1.29 is 19.5 Å². The van der Waals surface area contributed by atoms with E-state index in [-0.39, 0.29) is 18.4 Å². The number of carbonyl (C=O) groups excluding carboxylic acids is 2. The number of primary amides is 1. The zero-order valence-corrected chi connectivity index (χ0v) is 9.97. The molecule has 0 saturated heterocycles. The van der Waals surface area contributed by atoms with Gasteiger partial charge in [0.2, 0.25) is 5.91 Å². The number of carboxylic acid groups (broad SMARTS) is 1. The van der Waals surface area contributed by atoms with E-state index in [1.165, 1.54) is 11.3 Å². The van der Waals surface area contributed by atoms with Crippen molar-refractivity contribution in [1.29, 1.82) is 0 Å². The summed E-state index contributed by atoms with van der Waals surface area (Å²) in [7, 11) is 0. The molecule has 7 heteroatoms. The van der Waals surface area contributed by atoms with E-state index in [9.17, 15) is 14.4 Å². The average molecular weight is 256 g/mol. The summed E-state index contributed by atoms with van der Waals surface area (Å²) in [5, 5.41) is 11.3. The topological polar surface area (TPSA) is 109 Å². The Kier molecular flexibility index (Phi) is 4.22. The van der Waals surface area contributed by atoms with Gasteiger partial charge in [0.25, 0.3) is 5.91 Å². The summed E-state index contributed by atoms with van der Waals surface area (Å²) in [6.07, 6.45) is -0.382. The first-order valence-corrected chi connectivity index (χ1v) is 5.63. The minimum atomic E-state index is -1.04. The van der Waals surface area contributed by atoms with Crippen LogP contribution in [0.2, 0.25) is 0 Å². The van der Waals surface area contributed by atoms with Crippen LogP contribution in [0.3, 0.4) is 0 Å². The van der Waals surface area contributed by atoms with Gasteiger partial charge in [-0.2, -0.15) is 0 Å². The Morgan fingerprint density at radius 3 is 2.59 bits per heavy atom. The quantitative estimate of drug-likeness (QED) is 0.728. The van der Waals surface area contributed by atoms with Crippen molar-refractivity contribution in [2.45, 2.75) is 19.8 Å². The van der Waals surface area contributed by atoms with Crippen molar-refractivity contribution in [2.24, 2.45) is 5.73 Å². The third-order valence-electron chi connectivity index (χ3n) is 1.94. The molecule has 0 bridgehead atoms. The molecule has 92 valence electrons. The molecule has 0 fully saturated rings. The van der Waals surface area contributed by atoms with E-state index in [2.05, 4.69) is 5.32 Å². The Morgan fingerprint density at radius 2 is 2.06 bits per heavy atom. The summed E-state index contributed by atoms with van der Waals surface area (Å²) < 4.78 is 0. The molecule has 0 aliphatic carbocycles. The van der Waals surface area contributed by atoms with Gasteiger partial charge in [-0.3, -0.25) is 14.4 Å². The lowest BCUT2D eigenvalue weighted by atomic mass is 10.2. The van der Waals surface area contributed by atoms with Crippen LogP contribution < -0.4 is 11.1 Å². The number of thiophene rings is 1. The molecule has 0 radical (unpaired) electrons. The fraction of sp³-hybridized carbons (Fsp3) is 0.300. The van der Waals surface area contributed by atoms with Crippen molar-refractivity contribution in [3.63, 3.8) is 0 Å². The first kappa shape index (κ1) is 13.2. The minimum absolute atomic E-state index is 0.134. The van der Waals surface area contributed by atoms with Gasteiger partial charge >= 0.3 is 5.97 Å². The number of carboxylic acids is 1. The molecule has 6 nitrogen and oxygen atoms in total. The Hall–Kier alpha value is -1.89. The van der Waals surface area contributed by atoms with Crippen LogP contribution in [0.15, 0.2) is 6.07 Å². The van der Waals surface area contributed by atoms with Gasteiger partial charge in [-0.1, -0.05) is 0 Å². The predicted octanol–water partition coefficient (Wildman–Crippen LogP) is 0.959. The summed E-state index contributed by atoms with van der Waals surface area (Å²) >= 11 is 1.23. The highest BCUT2D eigenvalue weighted by atomic mass is 32.1. The Morgan fingerprint density at radius 1 is 1.41 bits per heavy atom. The number of nitrogens with two attached hydrogens (primary N) is 1. The van der Waals surface area contributed by atoms with Crippen LogP contribution in [-0.4, -0.2) is 22.9 Å². The van der Waals surface area contributed by atoms with Crippen LogP contribution in [-0.2, 0) is 9.59 Å². The molecule has 0 aliphatic rings. The number of hydrogen-bond donors (Lipinski definition) is 3. The van der Waals surface area contributed by atoms with E-state index in [1.54, 1.807) is 13.0 Å². The highest BCUT2D eigenvalue weighted by Crippen LogP contribution is 2.27. The molecule has 1 rings (SSSR count). The standard InChI is InChI=1S/C10H12N2O4S/c1-5-4-6(9(11)16)10(17-5)12-7(13)2-3-8(14)15/h4H,2-3H2,1H3,(H2,11,16)(H,12,13)(H,14,15). The van der Waals surface area contributed by atoms with Gasteiger partial charge in [0, 0.05) is 11.3 Å². The fourth-order valence-electron chi connectivity index (χ4n) is 1.20. The van der Waals surface area contributed by atoms with Gasteiger partial charge in [-0.15, -0.1) is 11.3 Å². The molecule has 0 spiro atoms. The Balaban J connectivity index is 2.71. The Labute approximate surface area is 101 Å². The molecule has 4 N–H and O–H groups in total. The third-order valence-corrected chi connectivity index (χ3v) is 2.91. The molecular formula is C10H12N2O4S. The number of rotatable bonds is 5. The molecule has 0 saturated carbocycles. The van der Waals surface area contributed by atoms with E-state index < -0.39 is 17.8 Å². The highest BCUT2D eigenvalue weighted by Gasteiger charge is 2.14. The molecule has 0 aliphatic heterocycles. The van der Waals surface area contributed by atoms with Crippen LogP contribution >= 0.6 is 11.3 Å². The first-order chi connectivity index (χ1) is 7.90. The van der Waals surface area contributed by atoms with Crippen molar-refractivity contribution in [1.82, 2.24) is 0 Å². The molecule has 1 aromatic heterocycles. The van der Waals surface area contributed by atoms with Gasteiger partial charge in [-0.05, 0) is 13.0 Å². The summed E-state index contributed by atoms with van der Waals surface area (Å²) in [5.41, 5.74) is 5.39. The third kappa shape index (κ3) is 3.87. The average Bonchev–Trinajstić information content (AvgIpc) is 2.56. The number of anilines is 1. The molecule has 0 atom stereocenters. The van der Waals surface area contributed by atoms with Gasteiger partial charge < -0.3 is 16.2 Å². The van der Waals surface area contributed by atoms with Crippen molar-refractivity contribution in [2.75, 3.05) is 5.32 Å². The second-order valence-corrected chi connectivity index (χ2v) is 4.66. The molecule has 17 heavy (non-hydrogen) atoms. The maximum atomic E-state index is 11.4. The van der Waals surface area contributed by atoms with E-state index in [4.69, 9.17) is 10.8 Å². The largest absolute Gasteiger partial charge is 0.481 e. The number of hydrogen-bond acceptors (Lipinski definition) is 4. The van der Waals surface area contributed by atoms with E-state index in [1.807, 2.05) is 0 Å². The lowest BCUT2D eigenvalue weighted by Crippen LogP contribution is -2.17. The number of aliphatic carboxylic acids is 1. The zero-order chi connectivity index (χ0) is 13.0. The van der Waals surface area contributed by atoms with E-state index in [0.717, 1.165) is 4.88 Å². The van der Waals surface area contributed by atoms with Crippen LogP contribution in [0.1, 0.15) is 28.1 Å². The maximum absolute atomic E-state index is 11.4.